The lowest BCUT2D eigenvalue weighted by molar-refractivity contribution is 0.888. The number of rotatable bonds is 3. The Balaban J connectivity index is 2.20. The van der Waals surface area contributed by atoms with Gasteiger partial charge in [0, 0.05) is 24.3 Å². The van der Waals surface area contributed by atoms with E-state index in [0.29, 0.717) is 0 Å². The van der Waals surface area contributed by atoms with Crippen LogP contribution in [0.15, 0.2) is 34.9 Å². The monoisotopic (exact) mass is 318 g/mol. The third-order valence-electron chi connectivity index (χ3n) is 3.37. The molecule has 1 aromatic heterocycles. The molecule has 19 heavy (non-hydrogen) atoms. The predicted octanol–water partition coefficient (Wildman–Crippen LogP) is 4.41. The van der Waals surface area contributed by atoms with Crippen molar-refractivity contribution in [2.75, 3.05) is 11.9 Å². The number of hydrogen-bond donors (Lipinski definition) is 0. The lowest BCUT2D eigenvalue weighted by atomic mass is 10.1. The van der Waals surface area contributed by atoms with E-state index >= 15 is 0 Å². The molecule has 0 fully saturated rings. The summed E-state index contributed by atoms with van der Waals surface area (Å²) in [6, 6.07) is 8.71. The fourth-order valence-electron chi connectivity index (χ4n) is 2.18. The molecule has 0 N–H and O–H groups in total. The van der Waals surface area contributed by atoms with Crippen LogP contribution in [0.4, 0.5) is 5.82 Å². The maximum atomic E-state index is 4.49. The van der Waals surface area contributed by atoms with Gasteiger partial charge >= 0.3 is 0 Å². The van der Waals surface area contributed by atoms with Crippen molar-refractivity contribution in [2.45, 2.75) is 27.3 Å². The van der Waals surface area contributed by atoms with Crippen molar-refractivity contribution in [3.63, 3.8) is 0 Å². The lowest BCUT2D eigenvalue weighted by Gasteiger charge is -2.20. The van der Waals surface area contributed by atoms with Crippen molar-refractivity contribution in [3.05, 3.63) is 57.2 Å². The van der Waals surface area contributed by atoms with Gasteiger partial charge in [0.25, 0.3) is 0 Å². The third-order valence-corrected chi connectivity index (χ3v) is 3.80. The molecular weight excluding hydrogens is 300 g/mol. The Morgan fingerprint density at radius 1 is 1.05 bits per heavy atom. The Morgan fingerprint density at radius 3 is 2.42 bits per heavy atom. The first-order valence-electron chi connectivity index (χ1n) is 6.37. The fraction of sp³-hybridized carbons (Fsp3) is 0.312. The second-order valence-corrected chi connectivity index (χ2v) is 5.98. The van der Waals surface area contributed by atoms with Gasteiger partial charge in [-0.25, -0.2) is 4.98 Å². The molecule has 2 nitrogen and oxygen atoms in total. The topological polar surface area (TPSA) is 16.1 Å². The first kappa shape index (κ1) is 14.1. The summed E-state index contributed by atoms with van der Waals surface area (Å²) >= 11 is 3.45. The van der Waals surface area contributed by atoms with Crippen LogP contribution in [0, 0.1) is 20.8 Å². The molecule has 0 unspecified atom stereocenters. The SMILES string of the molecule is Cc1ccc(CN(C)c2ncc(Br)cc2C)cc1C. The van der Waals surface area contributed by atoms with Gasteiger partial charge in [0.1, 0.15) is 5.82 Å². The number of aromatic nitrogens is 1. The molecule has 0 saturated heterocycles. The highest BCUT2D eigenvalue weighted by molar-refractivity contribution is 9.10. The molecule has 0 aliphatic carbocycles. The fourth-order valence-corrected chi connectivity index (χ4v) is 2.63. The van der Waals surface area contributed by atoms with Crippen LogP contribution in [0.3, 0.4) is 0 Å². The first-order valence-corrected chi connectivity index (χ1v) is 7.16. The van der Waals surface area contributed by atoms with Crippen LogP contribution >= 0.6 is 15.9 Å². The van der Waals surface area contributed by atoms with Crippen LogP contribution in [0.2, 0.25) is 0 Å². The Morgan fingerprint density at radius 2 is 1.79 bits per heavy atom. The molecule has 0 spiro atoms. The maximum Gasteiger partial charge on any atom is 0.131 e. The molecule has 0 amide bonds. The van der Waals surface area contributed by atoms with Gasteiger partial charge < -0.3 is 4.90 Å². The van der Waals surface area contributed by atoms with Crippen LogP contribution < -0.4 is 4.90 Å². The number of anilines is 1. The number of halogens is 1. The smallest absolute Gasteiger partial charge is 0.131 e. The van der Waals surface area contributed by atoms with Gasteiger partial charge in [-0.05, 0) is 65.0 Å². The van der Waals surface area contributed by atoms with E-state index in [9.17, 15) is 0 Å². The number of aryl methyl sites for hydroxylation is 3. The maximum absolute atomic E-state index is 4.49. The molecule has 0 atom stereocenters. The predicted molar refractivity (Wildman–Crippen MR) is 84.7 cm³/mol. The molecular formula is C16H19BrN2. The van der Waals surface area contributed by atoms with Gasteiger partial charge in [-0.15, -0.1) is 0 Å². The highest BCUT2D eigenvalue weighted by Crippen LogP contribution is 2.21. The highest BCUT2D eigenvalue weighted by atomic mass is 79.9. The van der Waals surface area contributed by atoms with E-state index in [-0.39, 0.29) is 0 Å². The van der Waals surface area contributed by atoms with E-state index in [1.54, 1.807) is 0 Å². The van der Waals surface area contributed by atoms with Crippen molar-refractivity contribution in [3.8, 4) is 0 Å². The first-order chi connectivity index (χ1) is 8.97. The Kier molecular flexibility index (Phi) is 4.25. The Labute approximate surface area is 123 Å². The van der Waals surface area contributed by atoms with Crippen molar-refractivity contribution >= 4 is 21.7 Å². The van der Waals surface area contributed by atoms with E-state index in [0.717, 1.165) is 16.8 Å². The summed E-state index contributed by atoms with van der Waals surface area (Å²) < 4.78 is 1.02. The molecule has 0 aliphatic rings. The second kappa shape index (κ2) is 5.74. The molecule has 3 heteroatoms. The Bertz CT molecular complexity index is 593. The van der Waals surface area contributed by atoms with Crippen molar-refractivity contribution < 1.29 is 0 Å². The number of pyridine rings is 1. The minimum absolute atomic E-state index is 0.872. The van der Waals surface area contributed by atoms with Crippen LogP contribution in [-0.4, -0.2) is 12.0 Å². The van der Waals surface area contributed by atoms with Crippen molar-refractivity contribution in [2.24, 2.45) is 0 Å². The van der Waals surface area contributed by atoms with Crippen LogP contribution in [0.1, 0.15) is 22.3 Å². The quantitative estimate of drug-likeness (QED) is 0.833. The summed E-state index contributed by atoms with van der Waals surface area (Å²) in [5.41, 5.74) is 5.17. The summed E-state index contributed by atoms with van der Waals surface area (Å²) in [4.78, 5) is 6.68. The van der Waals surface area contributed by atoms with Gasteiger partial charge in [0.2, 0.25) is 0 Å². The number of nitrogens with zero attached hydrogens (tertiary/aromatic N) is 2. The molecule has 1 heterocycles. The zero-order valence-electron chi connectivity index (χ0n) is 11.9. The Hall–Kier alpha value is -1.35. The molecule has 0 bridgehead atoms. The zero-order chi connectivity index (χ0) is 14.0. The van der Waals surface area contributed by atoms with Gasteiger partial charge in [0.15, 0.2) is 0 Å². The zero-order valence-corrected chi connectivity index (χ0v) is 13.5. The van der Waals surface area contributed by atoms with Crippen LogP contribution in [-0.2, 0) is 6.54 Å². The standard InChI is InChI=1S/C16H19BrN2/c1-11-5-6-14(7-12(11)2)10-19(4)16-13(3)8-15(17)9-18-16/h5-9H,10H2,1-4H3. The number of hydrogen-bond acceptors (Lipinski definition) is 2. The largest absolute Gasteiger partial charge is 0.355 e. The average Bonchev–Trinajstić information content (AvgIpc) is 2.33. The van der Waals surface area contributed by atoms with E-state index < -0.39 is 0 Å². The van der Waals surface area contributed by atoms with Gasteiger partial charge in [-0.3, -0.25) is 0 Å². The molecule has 100 valence electrons. The van der Waals surface area contributed by atoms with E-state index in [1.165, 1.54) is 22.3 Å². The average molecular weight is 319 g/mol. The summed E-state index contributed by atoms with van der Waals surface area (Å²) in [5, 5.41) is 0. The second-order valence-electron chi connectivity index (χ2n) is 5.07. The molecule has 0 saturated carbocycles. The van der Waals surface area contributed by atoms with Gasteiger partial charge in [-0.2, -0.15) is 0 Å². The molecule has 1 aromatic carbocycles. The summed E-state index contributed by atoms with van der Waals surface area (Å²) in [6.07, 6.45) is 1.85. The van der Waals surface area contributed by atoms with Gasteiger partial charge in [0.05, 0.1) is 0 Å². The van der Waals surface area contributed by atoms with Crippen LogP contribution in [0.25, 0.3) is 0 Å². The summed E-state index contributed by atoms with van der Waals surface area (Å²) in [6.45, 7) is 7.26. The van der Waals surface area contributed by atoms with E-state index in [2.05, 4.69) is 77.9 Å². The minimum atomic E-state index is 0.872. The summed E-state index contributed by atoms with van der Waals surface area (Å²) in [7, 11) is 2.08. The summed E-state index contributed by atoms with van der Waals surface area (Å²) in [5.74, 6) is 1.03. The number of benzene rings is 1. The normalized spacial score (nSPS) is 10.6. The molecule has 0 aliphatic heterocycles. The third kappa shape index (κ3) is 3.35. The lowest BCUT2D eigenvalue weighted by Crippen LogP contribution is -2.18. The van der Waals surface area contributed by atoms with Crippen LogP contribution in [0.5, 0.6) is 0 Å². The molecule has 0 radical (unpaired) electrons. The van der Waals surface area contributed by atoms with Crippen molar-refractivity contribution in [1.82, 2.24) is 4.98 Å². The van der Waals surface area contributed by atoms with E-state index in [4.69, 9.17) is 0 Å². The molecule has 2 aromatic rings. The minimum Gasteiger partial charge on any atom is -0.355 e. The molecule has 2 rings (SSSR count). The van der Waals surface area contributed by atoms with Crippen molar-refractivity contribution in [1.29, 1.82) is 0 Å². The van der Waals surface area contributed by atoms with Gasteiger partial charge in [-0.1, -0.05) is 18.2 Å². The van der Waals surface area contributed by atoms with E-state index in [1.807, 2.05) is 6.20 Å². The highest BCUT2D eigenvalue weighted by Gasteiger charge is 2.08.